The summed E-state index contributed by atoms with van der Waals surface area (Å²) in [4.78, 5) is 14.9. The topological polar surface area (TPSA) is 66.8 Å². The highest BCUT2D eigenvalue weighted by Gasteiger charge is 2.26. The van der Waals surface area contributed by atoms with Gasteiger partial charge in [0.15, 0.2) is 0 Å². The summed E-state index contributed by atoms with van der Waals surface area (Å²) in [5.74, 6) is 0.475. The summed E-state index contributed by atoms with van der Waals surface area (Å²) in [5, 5.41) is 14.9. The summed E-state index contributed by atoms with van der Waals surface area (Å²) < 4.78 is 3.41. The fourth-order valence-electron chi connectivity index (χ4n) is 4.00. The van der Waals surface area contributed by atoms with Gasteiger partial charge in [0, 0.05) is 38.8 Å². The average Bonchev–Trinajstić information content (AvgIpc) is 3.11. The summed E-state index contributed by atoms with van der Waals surface area (Å²) in [6, 6.07) is 9.97. The van der Waals surface area contributed by atoms with Gasteiger partial charge in [0.25, 0.3) is 5.56 Å². The van der Waals surface area contributed by atoms with Crippen molar-refractivity contribution in [3.8, 4) is 6.07 Å². The molecule has 1 aromatic carbocycles. The first-order chi connectivity index (χ1) is 12.6. The maximum absolute atomic E-state index is 12.7. The van der Waals surface area contributed by atoms with E-state index in [1.165, 1.54) is 5.56 Å². The molecule has 132 valence electrons. The van der Waals surface area contributed by atoms with Crippen molar-refractivity contribution in [2.24, 2.45) is 14.1 Å². The third-order valence-corrected chi connectivity index (χ3v) is 5.40. The van der Waals surface area contributed by atoms with E-state index in [-0.39, 0.29) is 11.1 Å². The monoisotopic (exact) mass is 347 g/mol. The lowest BCUT2D eigenvalue weighted by Crippen LogP contribution is -2.35. The molecule has 6 heteroatoms. The Bertz CT molecular complexity index is 1060. The molecule has 26 heavy (non-hydrogen) atoms. The van der Waals surface area contributed by atoms with Crippen molar-refractivity contribution < 1.29 is 0 Å². The number of aromatic nitrogens is 3. The largest absolute Gasteiger partial charge is 0.370 e. The van der Waals surface area contributed by atoms with Crippen molar-refractivity contribution >= 4 is 16.6 Å². The number of fused-ring (bicyclic) bond motifs is 1. The number of rotatable bonds is 2. The number of nitrogens with zero attached hydrogens (tertiary/aromatic N) is 5. The molecule has 0 aliphatic carbocycles. The maximum Gasteiger partial charge on any atom is 0.270 e. The van der Waals surface area contributed by atoms with Gasteiger partial charge in [-0.25, -0.2) is 0 Å². The number of pyridine rings is 1. The third-order valence-electron chi connectivity index (χ3n) is 5.40. The lowest BCUT2D eigenvalue weighted by Gasteiger charge is -2.34. The van der Waals surface area contributed by atoms with Crippen LogP contribution in [0.15, 0.2) is 41.5 Å². The smallest absolute Gasteiger partial charge is 0.270 e. The van der Waals surface area contributed by atoms with Gasteiger partial charge in [-0.3, -0.25) is 9.48 Å². The Morgan fingerprint density at radius 1 is 1.19 bits per heavy atom. The molecule has 3 aromatic rings. The predicted molar refractivity (Wildman–Crippen MR) is 101 cm³/mol. The van der Waals surface area contributed by atoms with Crippen molar-refractivity contribution in [1.82, 2.24) is 14.3 Å². The van der Waals surface area contributed by atoms with E-state index in [4.69, 9.17) is 0 Å². The van der Waals surface area contributed by atoms with Crippen molar-refractivity contribution in [2.75, 3.05) is 18.0 Å². The summed E-state index contributed by atoms with van der Waals surface area (Å²) in [5.41, 5.74) is 2.93. The minimum atomic E-state index is -0.226. The van der Waals surface area contributed by atoms with Gasteiger partial charge in [-0.05, 0) is 30.4 Å². The Morgan fingerprint density at radius 2 is 1.92 bits per heavy atom. The fourth-order valence-corrected chi connectivity index (χ4v) is 4.00. The lowest BCUT2D eigenvalue weighted by atomic mass is 9.91. The molecule has 0 amide bonds. The zero-order chi connectivity index (χ0) is 18.3. The Labute approximate surface area is 151 Å². The van der Waals surface area contributed by atoms with Gasteiger partial charge in [0.05, 0.1) is 17.4 Å². The maximum atomic E-state index is 12.7. The minimum absolute atomic E-state index is 0.226. The number of nitriles is 1. The van der Waals surface area contributed by atoms with Crippen molar-refractivity contribution in [3.63, 3.8) is 0 Å². The molecular formula is C20H21N5O. The summed E-state index contributed by atoms with van der Waals surface area (Å²) >= 11 is 0. The van der Waals surface area contributed by atoms with Gasteiger partial charge in [0.2, 0.25) is 0 Å². The number of benzene rings is 1. The van der Waals surface area contributed by atoms with E-state index in [0.29, 0.717) is 5.92 Å². The van der Waals surface area contributed by atoms with E-state index in [1.54, 1.807) is 11.6 Å². The molecule has 0 saturated carbocycles. The van der Waals surface area contributed by atoms with Crippen LogP contribution in [-0.4, -0.2) is 27.4 Å². The van der Waals surface area contributed by atoms with E-state index in [9.17, 15) is 10.1 Å². The van der Waals surface area contributed by atoms with Gasteiger partial charge in [-0.1, -0.05) is 18.2 Å². The van der Waals surface area contributed by atoms with Crippen LogP contribution in [0.25, 0.3) is 10.9 Å². The first-order valence-electron chi connectivity index (χ1n) is 8.85. The number of aryl methyl sites for hydroxylation is 2. The summed E-state index contributed by atoms with van der Waals surface area (Å²) in [6.45, 7) is 1.65. The Morgan fingerprint density at radius 3 is 2.58 bits per heavy atom. The summed E-state index contributed by atoms with van der Waals surface area (Å²) in [7, 11) is 3.66. The second-order valence-corrected chi connectivity index (χ2v) is 6.93. The Kier molecular flexibility index (Phi) is 4.00. The predicted octanol–water partition coefficient (Wildman–Crippen LogP) is 2.53. The zero-order valence-corrected chi connectivity index (χ0v) is 15.0. The molecule has 3 heterocycles. The van der Waals surface area contributed by atoms with Crippen LogP contribution in [-0.2, 0) is 14.1 Å². The minimum Gasteiger partial charge on any atom is -0.370 e. The number of hydrogen-bond acceptors (Lipinski definition) is 4. The van der Waals surface area contributed by atoms with Crippen LogP contribution in [0.4, 0.5) is 5.69 Å². The lowest BCUT2D eigenvalue weighted by molar-refractivity contribution is 0.505. The van der Waals surface area contributed by atoms with Gasteiger partial charge in [0.1, 0.15) is 11.6 Å². The molecular weight excluding hydrogens is 326 g/mol. The van der Waals surface area contributed by atoms with Crippen LogP contribution in [0.3, 0.4) is 0 Å². The molecule has 0 N–H and O–H groups in total. The number of piperidine rings is 1. The van der Waals surface area contributed by atoms with Gasteiger partial charge in [-0.2, -0.15) is 10.4 Å². The Balaban J connectivity index is 1.73. The second-order valence-electron chi connectivity index (χ2n) is 6.93. The molecule has 0 radical (unpaired) electrons. The molecule has 1 saturated heterocycles. The molecule has 1 fully saturated rings. The second kappa shape index (κ2) is 6.34. The van der Waals surface area contributed by atoms with Crippen molar-refractivity contribution in [3.05, 3.63) is 58.1 Å². The van der Waals surface area contributed by atoms with Crippen molar-refractivity contribution in [1.29, 1.82) is 5.26 Å². The zero-order valence-electron chi connectivity index (χ0n) is 15.0. The average molecular weight is 347 g/mol. The molecule has 6 nitrogen and oxygen atoms in total. The molecule has 0 atom stereocenters. The van der Waals surface area contributed by atoms with Crippen LogP contribution in [0.5, 0.6) is 0 Å². The van der Waals surface area contributed by atoms with Crippen LogP contribution in [0.2, 0.25) is 0 Å². The van der Waals surface area contributed by atoms with E-state index in [1.807, 2.05) is 42.2 Å². The highest BCUT2D eigenvalue weighted by molar-refractivity contribution is 5.94. The van der Waals surface area contributed by atoms with E-state index in [0.717, 1.165) is 42.5 Å². The SMILES string of the molecule is Cn1cc(C2CCN(c3c(C#N)c(=O)n(C)c4ccccc34)CC2)cn1. The highest BCUT2D eigenvalue weighted by Crippen LogP contribution is 2.34. The normalized spacial score (nSPS) is 15.3. The van der Waals surface area contributed by atoms with Gasteiger partial charge in [-0.15, -0.1) is 0 Å². The third kappa shape index (κ3) is 2.57. The fraction of sp³-hybridized carbons (Fsp3) is 0.350. The van der Waals surface area contributed by atoms with Crippen LogP contribution in [0.1, 0.15) is 29.9 Å². The van der Waals surface area contributed by atoms with E-state index >= 15 is 0 Å². The molecule has 1 aliphatic rings. The molecule has 4 rings (SSSR count). The van der Waals surface area contributed by atoms with Gasteiger partial charge < -0.3 is 9.47 Å². The van der Waals surface area contributed by atoms with E-state index < -0.39 is 0 Å². The van der Waals surface area contributed by atoms with Crippen LogP contribution < -0.4 is 10.5 Å². The van der Waals surface area contributed by atoms with Crippen LogP contribution in [0, 0.1) is 11.3 Å². The van der Waals surface area contributed by atoms with Crippen LogP contribution >= 0.6 is 0 Å². The molecule has 0 spiro atoms. The number of hydrogen-bond donors (Lipinski definition) is 0. The molecule has 1 aliphatic heterocycles. The standard InChI is InChI=1S/C20H21N5O/c1-23-13-15(12-22-23)14-7-9-25(10-8-14)19-16-5-3-4-6-18(16)24(2)20(26)17(19)11-21/h3-6,12-14H,7-10H2,1-2H3. The number of para-hydroxylation sites is 1. The van der Waals surface area contributed by atoms with Gasteiger partial charge >= 0.3 is 0 Å². The van der Waals surface area contributed by atoms with E-state index in [2.05, 4.69) is 22.3 Å². The quantitative estimate of drug-likeness (QED) is 0.714. The number of anilines is 1. The van der Waals surface area contributed by atoms with Crippen molar-refractivity contribution in [2.45, 2.75) is 18.8 Å². The first-order valence-corrected chi connectivity index (χ1v) is 8.85. The first kappa shape index (κ1) is 16.4. The Hall–Kier alpha value is -3.07. The highest BCUT2D eigenvalue weighted by atomic mass is 16.1. The molecule has 0 bridgehead atoms. The molecule has 0 unspecified atom stereocenters. The summed E-state index contributed by atoms with van der Waals surface area (Å²) in [6.07, 6.45) is 5.99. The molecule has 2 aromatic heterocycles.